The molecule has 0 aliphatic carbocycles. The fourth-order valence-corrected chi connectivity index (χ4v) is 1.12. The minimum absolute atomic E-state index is 0.539. The molecule has 0 aliphatic heterocycles. The molecule has 0 atom stereocenters. The molecule has 0 amide bonds. The van der Waals surface area contributed by atoms with E-state index in [1.54, 1.807) is 12.4 Å². The number of hydrogen-bond acceptors (Lipinski definition) is 4. The van der Waals surface area contributed by atoms with Gasteiger partial charge in [0, 0.05) is 19.4 Å². The Labute approximate surface area is 75.3 Å². The van der Waals surface area contributed by atoms with Crippen LogP contribution in [0.15, 0.2) is 24.9 Å². The second-order valence-electron chi connectivity index (χ2n) is 2.69. The number of rotatable bonds is 1. The lowest BCUT2D eigenvalue weighted by Gasteiger charge is -2.02. The molecule has 0 radical (unpaired) electrons. The third kappa shape index (κ3) is 1.24. The fourth-order valence-electron chi connectivity index (χ4n) is 1.12. The molecule has 0 saturated carbocycles. The first kappa shape index (κ1) is 7.72. The Morgan fingerprint density at radius 2 is 2.23 bits per heavy atom. The first-order valence-corrected chi connectivity index (χ1v) is 3.82. The molecule has 0 unspecified atom stereocenters. The van der Waals surface area contributed by atoms with Gasteiger partial charge in [-0.3, -0.25) is 0 Å². The monoisotopic (exact) mass is 175 g/mol. The predicted molar refractivity (Wildman–Crippen MR) is 48.6 cm³/mol. The van der Waals surface area contributed by atoms with E-state index in [2.05, 4.69) is 15.0 Å². The highest BCUT2D eigenvalue weighted by atomic mass is 15.1. The fraction of sp³-hybridized carbons (Fsp3) is 0.125. The van der Waals surface area contributed by atoms with E-state index in [-0.39, 0.29) is 0 Å². The molecule has 2 N–H and O–H groups in total. The summed E-state index contributed by atoms with van der Waals surface area (Å²) in [6.45, 7) is 0. The smallest absolute Gasteiger partial charge is 0.160 e. The molecule has 5 nitrogen and oxygen atoms in total. The van der Waals surface area contributed by atoms with E-state index < -0.39 is 0 Å². The van der Waals surface area contributed by atoms with Gasteiger partial charge in [-0.2, -0.15) is 0 Å². The van der Waals surface area contributed by atoms with Crippen molar-refractivity contribution in [1.82, 2.24) is 19.5 Å². The van der Waals surface area contributed by atoms with E-state index in [1.807, 2.05) is 17.8 Å². The van der Waals surface area contributed by atoms with Crippen LogP contribution in [0.4, 0.5) is 5.69 Å². The van der Waals surface area contributed by atoms with Crippen molar-refractivity contribution >= 4 is 5.69 Å². The molecule has 0 aromatic carbocycles. The van der Waals surface area contributed by atoms with Gasteiger partial charge in [0.25, 0.3) is 0 Å². The Morgan fingerprint density at radius 3 is 2.85 bits per heavy atom. The van der Waals surface area contributed by atoms with Gasteiger partial charge in [-0.1, -0.05) is 0 Å². The zero-order chi connectivity index (χ0) is 9.26. The molecule has 2 aromatic rings. The van der Waals surface area contributed by atoms with Crippen LogP contribution in [0.5, 0.6) is 0 Å². The van der Waals surface area contributed by atoms with Crippen molar-refractivity contribution in [3.8, 4) is 11.5 Å². The van der Waals surface area contributed by atoms with Crippen LogP contribution >= 0.6 is 0 Å². The van der Waals surface area contributed by atoms with Crippen LogP contribution in [0.1, 0.15) is 0 Å². The molecule has 5 heteroatoms. The standard InChI is InChI=1S/C8H9N5/c1-13-3-2-11-8(13)7-6(9)4-10-5-12-7/h2-5H,9H2,1H3. The van der Waals surface area contributed by atoms with Crippen molar-refractivity contribution in [2.24, 2.45) is 7.05 Å². The molecule has 2 rings (SSSR count). The summed E-state index contributed by atoms with van der Waals surface area (Å²) in [5.41, 5.74) is 6.91. The SMILES string of the molecule is Cn1ccnc1-c1ncncc1N. The van der Waals surface area contributed by atoms with Crippen molar-refractivity contribution in [1.29, 1.82) is 0 Å². The zero-order valence-corrected chi connectivity index (χ0v) is 7.18. The summed E-state index contributed by atoms with van der Waals surface area (Å²) in [5.74, 6) is 0.750. The third-order valence-electron chi connectivity index (χ3n) is 1.77. The third-order valence-corrected chi connectivity index (χ3v) is 1.77. The van der Waals surface area contributed by atoms with Crippen molar-refractivity contribution in [3.05, 3.63) is 24.9 Å². The molecule has 13 heavy (non-hydrogen) atoms. The van der Waals surface area contributed by atoms with E-state index in [4.69, 9.17) is 5.73 Å². The molecule has 0 saturated heterocycles. The molecule has 0 aliphatic rings. The molecule has 0 bridgehead atoms. The number of nitrogen functional groups attached to an aromatic ring is 1. The molecular formula is C8H9N5. The van der Waals surface area contributed by atoms with E-state index in [0.29, 0.717) is 11.4 Å². The average molecular weight is 175 g/mol. The van der Waals surface area contributed by atoms with Crippen LogP contribution in [0.3, 0.4) is 0 Å². The van der Waals surface area contributed by atoms with Gasteiger partial charge in [0.2, 0.25) is 0 Å². The molecule has 0 spiro atoms. The highest BCUT2D eigenvalue weighted by Gasteiger charge is 2.07. The van der Waals surface area contributed by atoms with E-state index >= 15 is 0 Å². The molecule has 2 heterocycles. The van der Waals surface area contributed by atoms with Gasteiger partial charge in [0.1, 0.15) is 12.0 Å². The Kier molecular flexibility index (Phi) is 1.70. The summed E-state index contributed by atoms with van der Waals surface area (Å²) >= 11 is 0. The second kappa shape index (κ2) is 2.85. The maximum atomic E-state index is 5.70. The second-order valence-corrected chi connectivity index (χ2v) is 2.69. The van der Waals surface area contributed by atoms with Crippen LogP contribution in [-0.4, -0.2) is 19.5 Å². The van der Waals surface area contributed by atoms with Gasteiger partial charge in [0.05, 0.1) is 11.9 Å². The normalized spacial score (nSPS) is 10.2. The quantitative estimate of drug-likeness (QED) is 0.683. The lowest BCUT2D eigenvalue weighted by molar-refractivity contribution is 0.916. The van der Waals surface area contributed by atoms with Gasteiger partial charge < -0.3 is 10.3 Å². The van der Waals surface area contributed by atoms with Crippen LogP contribution in [0.2, 0.25) is 0 Å². The van der Waals surface area contributed by atoms with Crippen molar-refractivity contribution < 1.29 is 0 Å². The predicted octanol–water partition coefficient (Wildman–Crippen LogP) is 0.459. The maximum Gasteiger partial charge on any atom is 0.160 e. The van der Waals surface area contributed by atoms with Gasteiger partial charge >= 0.3 is 0 Å². The van der Waals surface area contributed by atoms with Crippen molar-refractivity contribution in [2.45, 2.75) is 0 Å². The van der Waals surface area contributed by atoms with E-state index in [9.17, 15) is 0 Å². The van der Waals surface area contributed by atoms with Crippen molar-refractivity contribution in [2.75, 3.05) is 5.73 Å². The summed E-state index contributed by atoms with van der Waals surface area (Å²) in [6, 6.07) is 0. The molecular weight excluding hydrogens is 166 g/mol. The van der Waals surface area contributed by atoms with E-state index in [1.165, 1.54) is 6.33 Å². The van der Waals surface area contributed by atoms with Gasteiger partial charge in [-0.15, -0.1) is 0 Å². The minimum Gasteiger partial charge on any atom is -0.396 e. The number of aromatic nitrogens is 4. The minimum atomic E-state index is 0.539. The lowest BCUT2D eigenvalue weighted by Crippen LogP contribution is -1.99. The lowest BCUT2D eigenvalue weighted by atomic mass is 10.3. The summed E-state index contributed by atoms with van der Waals surface area (Å²) in [6.07, 6.45) is 6.57. The summed E-state index contributed by atoms with van der Waals surface area (Å²) in [4.78, 5) is 12.0. The van der Waals surface area contributed by atoms with Gasteiger partial charge in [-0.05, 0) is 0 Å². The summed E-state index contributed by atoms with van der Waals surface area (Å²) < 4.78 is 1.86. The maximum absolute atomic E-state index is 5.70. The first-order chi connectivity index (χ1) is 6.29. The van der Waals surface area contributed by atoms with Crippen molar-refractivity contribution in [3.63, 3.8) is 0 Å². The Bertz CT molecular complexity index is 420. The summed E-state index contributed by atoms with van der Waals surface area (Å²) in [5, 5.41) is 0. The van der Waals surface area contributed by atoms with Crippen LogP contribution in [0, 0.1) is 0 Å². The molecule has 66 valence electrons. The number of imidazole rings is 1. The Balaban J connectivity index is 2.59. The topological polar surface area (TPSA) is 69.6 Å². The average Bonchev–Trinajstić information content (AvgIpc) is 2.52. The number of aryl methyl sites for hydroxylation is 1. The van der Waals surface area contributed by atoms with Crippen LogP contribution < -0.4 is 5.73 Å². The number of nitrogens with zero attached hydrogens (tertiary/aromatic N) is 4. The van der Waals surface area contributed by atoms with Gasteiger partial charge in [-0.25, -0.2) is 15.0 Å². The zero-order valence-electron chi connectivity index (χ0n) is 7.18. The van der Waals surface area contributed by atoms with Gasteiger partial charge in [0.15, 0.2) is 5.82 Å². The largest absolute Gasteiger partial charge is 0.396 e. The first-order valence-electron chi connectivity index (χ1n) is 3.82. The number of anilines is 1. The van der Waals surface area contributed by atoms with E-state index in [0.717, 1.165) is 5.82 Å². The molecule has 2 aromatic heterocycles. The van der Waals surface area contributed by atoms with Crippen LogP contribution in [0.25, 0.3) is 11.5 Å². The highest BCUT2D eigenvalue weighted by Crippen LogP contribution is 2.18. The Morgan fingerprint density at radius 1 is 1.38 bits per heavy atom. The summed E-state index contributed by atoms with van der Waals surface area (Å²) in [7, 11) is 1.89. The van der Waals surface area contributed by atoms with Crippen LogP contribution in [-0.2, 0) is 7.05 Å². The Hall–Kier alpha value is -1.91. The number of nitrogens with two attached hydrogens (primary N) is 1. The number of hydrogen-bond donors (Lipinski definition) is 1. The molecule has 0 fully saturated rings. The highest BCUT2D eigenvalue weighted by molar-refractivity contribution is 5.65.